The maximum atomic E-state index is 12.7. The number of amides is 1. The van der Waals surface area contributed by atoms with Crippen LogP contribution in [0.2, 0.25) is 0 Å². The zero-order chi connectivity index (χ0) is 18.1. The van der Waals surface area contributed by atoms with Crippen molar-refractivity contribution in [1.29, 1.82) is 0 Å². The van der Waals surface area contributed by atoms with Crippen molar-refractivity contribution >= 4 is 16.8 Å². The number of pyridine rings is 1. The molecular weight excluding hydrogens is 332 g/mol. The van der Waals surface area contributed by atoms with E-state index in [1.165, 1.54) is 4.90 Å². The number of ether oxygens (including phenoxy) is 2. The van der Waals surface area contributed by atoms with Crippen molar-refractivity contribution in [1.82, 2.24) is 9.88 Å². The number of hydrogen-bond donors (Lipinski definition) is 1. The minimum atomic E-state index is -0.397. The van der Waals surface area contributed by atoms with Gasteiger partial charge in [-0.2, -0.15) is 0 Å². The number of carbonyl (C=O) groups is 1. The predicted octanol–water partition coefficient (Wildman–Crippen LogP) is 2.44. The summed E-state index contributed by atoms with van der Waals surface area (Å²) in [4.78, 5) is 29.3. The van der Waals surface area contributed by atoms with Crippen molar-refractivity contribution in [2.24, 2.45) is 0 Å². The van der Waals surface area contributed by atoms with Gasteiger partial charge in [-0.3, -0.25) is 9.59 Å². The molecule has 0 aliphatic carbocycles. The molecule has 1 unspecified atom stereocenters. The van der Waals surface area contributed by atoms with Gasteiger partial charge in [-0.05, 0) is 29.7 Å². The number of rotatable bonds is 3. The highest BCUT2D eigenvalue weighted by molar-refractivity contribution is 5.97. The fourth-order valence-electron chi connectivity index (χ4n) is 3.05. The first-order chi connectivity index (χ1) is 12.6. The number of nitrogens with zero attached hydrogens (tertiary/aromatic N) is 1. The third kappa shape index (κ3) is 3.01. The van der Waals surface area contributed by atoms with E-state index in [9.17, 15) is 9.59 Å². The third-order valence-electron chi connectivity index (χ3n) is 4.38. The molecule has 1 aliphatic heterocycles. The molecule has 1 aromatic heterocycles. The van der Waals surface area contributed by atoms with Gasteiger partial charge >= 0.3 is 0 Å². The van der Waals surface area contributed by atoms with E-state index in [-0.39, 0.29) is 17.6 Å². The molecule has 0 saturated heterocycles. The molecule has 3 aromatic rings. The van der Waals surface area contributed by atoms with Crippen LogP contribution in [0.15, 0.2) is 59.4 Å². The van der Waals surface area contributed by atoms with Crippen LogP contribution in [0.4, 0.5) is 0 Å². The van der Waals surface area contributed by atoms with Gasteiger partial charge in [0.1, 0.15) is 12.2 Å². The largest absolute Gasteiger partial charge is 0.486 e. The smallest absolute Gasteiger partial charge is 0.261 e. The number of nitrogens with one attached hydrogen (secondary N) is 1. The van der Waals surface area contributed by atoms with Gasteiger partial charge in [0.25, 0.3) is 11.5 Å². The number of likely N-dealkylation sites (N-methyl/N-ethyl adjacent to an activating group) is 1. The van der Waals surface area contributed by atoms with E-state index in [1.807, 2.05) is 42.5 Å². The lowest BCUT2D eigenvalue weighted by molar-refractivity contribution is 0.0520. The number of carbonyl (C=O) groups excluding carboxylic acids is 1. The fourth-order valence-corrected chi connectivity index (χ4v) is 3.05. The Kier molecular flexibility index (Phi) is 4.08. The van der Waals surface area contributed by atoms with Crippen LogP contribution in [0.25, 0.3) is 10.9 Å². The third-order valence-corrected chi connectivity index (χ3v) is 4.38. The van der Waals surface area contributed by atoms with E-state index in [0.717, 1.165) is 5.39 Å². The number of benzene rings is 2. The van der Waals surface area contributed by atoms with Crippen LogP contribution in [-0.4, -0.2) is 42.1 Å². The molecule has 1 aliphatic rings. The lowest BCUT2D eigenvalue weighted by Gasteiger charge is -2.29. The molecule has 0 spiro atoms. The second-order valence-corrected chi connectivity index (χ2v) is 6.28. The lowest BCUT2D eigenvalue weighted by atomic mass is 10.1. The van der Waals surface area contributed by atoms with E-state index < -0.39 is 5.56 Å². The summed E-state index contributed by atoms with van der Waals surface area (Å²) in [6.45, 7) is 0.669. The van der Waals surface area contributed by atoms with Crippen LogP contribution >= 0.6 is 0 Å². The Morgan fingerprint density at radius 1 is 1.15 bits per heavy atom. The number of fused-ring (bicyclic) bond motifs is 2. The normalized spacial score (nSPS) is 15.7. The average Bonchev–Trinajstić information content (AvgIpc) is 2.66. The quantitative estimate of drug-likeness (QED) is 0.788. The second-order valence-electron chi connectivity index (χ2n) is 6.28. The maximum absolute atomic E-state index is 12.7. The Morgan fingerprint density at radius 3 is 2.73 bits per heavy atom. The highest BCUT2D eigenvalue weighted by Crippen LogP contribution is 2.31. The van der Waals surface area contributed by atoms with E-state index in [1.54, 1.807) is 19.2 Å². The van der Waals surface area contributed by atoms with Crippen molar-refractivity contribution in [3.05, 3.63) is 70.5 Å². The molecule has 0 radical (unpaired) electrons. The van der Waals surface area contributed by atoms with Gasteiger partial charge in [0.05, 0.1) is 6.54 Å². The van der Waals surface area contributed by atoms with Crippen molar-refractivity contribution in [2.45, 2.75) is 6.10 Å². The van der Waals surface area contributed by atoms with Crippen LogP contribution in [0, 0.1) is 0 Å². The summed E-state index contributed by atoms with van der Waals surface area (Å²) in [5, 5.41) is 0.815. The number of para-hydroxylation sites is 3. The zero-order valence-corrected chi connectivity index (χ0v) is 14.3. The highest BCUT2D eigenvalue weighted by Gasteiger charge is 2.25. The molecule has 0 fully saturated rings. The predicted molar refractivity (Wildman–Crippen MR) is 97.9 cm³/mol. The Hall–Kier alpha value is -3.28. The van der Waals surface area contributed by atoms with E-state index >= 15 is 0 Å². The molecule has 1 atom stereocenters. The van der Waals surface area contributed by atoms with Gasteiger partial charge in [0.2, 0.25) is 0 Å². The molecule has 26 heavy (non-hydrogen) atoms. The van der Waals surface area contributed by atoms with Crippen molar-refractivity contribution < 1.29 is 14.3 Å². The summed E-state index contributed by atoms with van der Waals surface area (Å²) in [5.74, 6) is 1.01. The minimum Gasteiger partial charge on any atom is -0.486 e. The molecule has 132 valence electrons. The van der Waals surface area contributed by atoms with Gasteiger partial charge in [-0.25, -0.2) is 0 Å². The zero-order valence-electron chi connectivity index (χ0n) is 14.3. The summed E-state index contributed by atoms with van der Waals surface area (Å²) >= 11 is 0. The number of aromatic amines is 1. The summed E-state index contributed by atoms with van der Waals surface area (Å²) in [6, 6.07) is 16.4. The summed E-state index contributed by atoms with van der Waals surface area (Å²) in [6.07, 6.45) is -0.293. The summed E-state index contributed by atoms with van der Waals surface area (Å²) in [7, 11) is 1.65. The molecule has 4 rings (SSSR count). The van der Waals surface area contributed by atoms with Crippen molar-refractivity contribution in [3.63, 3.8) is 0 Å². The van der Waals surface area contributed by atoms with Crippen molar-refractivity contribution in [2.75, 3.05) is 20.2 Å². The van der Waals surface area contributed by atoms with Gasteiger partial charge < -0.3 is 19.4 Å². The molecule has 1 N–H and O–H groups in total. The Labute approximate surface area is 150 Å². The molecule has 6 heteroatoms. The monoisotopic (exact) mass is 350 g/mol. The van der Waals surface area contributed by atoms with E-state index in [2.05, 4.69) is 4.98 Å². The highest BCUT2D eigenvalue weighted by atomic mass is 16.6. The molecule has 0 saturated carbocycles. The standard InChI is InChI=1S/C20H18N2O4/c1-22(11-14-12-25-17-8-4-5-9-18(17)26-14)20(24)15-10-13-6-2-3-7-16(13)21-19(15)23/h2-10,14H,11-12H2,1H3,(H,21,23). The van der Waals surface area contributed by atoms with Gasteiger partial charge in [0, 0.05) is 12.6 Å². The van der Waals surface area contributed by atoms with Crippen LogP contribution in [0.3, 0.4) is 0 Å². The first-order valence-electron chi connectivity index (χ1n) is 8.38. The van der Waals surface area contributed by atoms with Gasteiger partial charge in [-0.1, -0.05) is 30.3 Å². The van der Waals surface area contributed by atoms with Gasteiger partial charge in [-0.15, -0.1) is 0 Å². The summed E-state index contributed by atoms with van der Waals surface area (Å²) in [5.41, 5.74) is 0.423. The molecular formula is C20H18N2O4. The van der Waals surface area contributed by atoms with E-state index in [4.69, 9.17) is 9.47 Å². The van der Waals surface area contributed by atoms with Crippen molar-refractivity contribution in [3.8, 4) is 11.5 Å². The van der Waals surface area contributed by atoms with Crippen LogP contribution < -0.4 is 15.0 Å². The van der Waals surface area contributed by atoms with Crippen LogP contribution in [0.1, 0.15) is 10.4 Å². The number of hydrogen-bond acceptors (Lipinski definition) is 4. The topological polar surface area (TPSA) is 71.6 Å². The Morgan fingerprint density at radius 2 is 1.88 bits per heavy atom. The van der Waals surface area contributed by atoms with Crippen LogP contribution in [-0.2, 0) is 0 Å². The Bertz CT molecular complexity index is 1030. The molecule has 2 aromatic carbocycles. The molecule has 2 heterocycles. The second kappa shape index (κ2) is 6.55. The first kappa shape index (κ1) is 16.2. The Balaban J connectivity index is 1.52. The maximum Gasteiger partial charge on any atom is 0.261 e. The SMILES string of the molecule is CN(CC1COc2ccccc2O1)C(=O)c1cc2ccccc2[nH]c1=O. The minimum absolute atomic E-state index is 0.114. The first-order valence-corrected chi connectivity index (χ1v) is 8.38. The average molecular weight is 350 g/mol. The molecule has 0 bridgehead atoms. The molecule has 1 amide bonds. The lowest BCUT2D eigenvalue weighted by Crippen LogP contribution is -2.42. The number of H-pyrrole nitrogens is 1. The van der Waals surface area contributed by atoms with E-state index in [0.29, 0.717) is 30.2 Å². The summed E-state index contributed by atoms with van der Waals surface area (Å²) < 4.78 is 11.6. The number of aromatic nitrogens is 1. The fraction of sp³-hybridized carbons (Fsp3) is 0.200. The molecule has 6 nitrogen and oxygen atoms in total. The van der Waals surface area contributed by atoms with Gasteiger partial charge in [0.15, 0.2) is 17.6 Å². The van der Waals surface area contributed by atoms with Crippen LogP contribution in [0.5, 0.6) is 11.5 Å².